The summed E-state index contributed by atoms with van der Waals surface area (Å²) in [6.07, 6.45) is 0. The number of carboxylic acid groups (broad SMARTS) is 1. The minimum atomic E-state index is -2.49. The van der Waals surface area contributed by atoms with Crippen molar-refractivity contribution in [3.05, 3.63) is 36.1 Å². The van der Waals surface area contributed by atoms with Crippen LogP contribution in [0.25, 0.3) is 11.0 Å². The molecule has 0 saturated heterocycles. The molecule has 1 atom stereocenters. The Morgan fingerprint density at radius 1 is 1.47 bits per heavy atom. The largest absolute Gasteiger partial charge is 0.479 e. The maximum absolute atomic E-state index is 13.7. The Kier molecular flexibility index (Phi) is 2.00. The zero-order valence-electron chi connectivity index (χ0n) is 8.03. The maximum Gasteiger partial charge on any atom is 0.349 e. The van der Waals surface area contributed by atoms with E-state index in [1.165, 1.54) is 6.07 Å². The van der Waals surface area contributed by atoms with Crippen LogP contribution in [0.4, 0.5) is 4.39 Å². The van der Waals surface area contributed by atoms with Gasteiger partial charge in [-0.05, 0) is 19.1 Å². The van der Waals surface area contributed by atoms with Crippen LogP contribution in [-0.4, -0.2) is 11.1 Å². The number of fused-ring (bicyclic) bond motifs is 1. The van der Waals surface area contributed by atoms with Crippen molar-refractivity contribution in [2.75, 3.05) is 0 Å². The number of aliphatic carboxylic acids is 1. The summed E-state index contributed by atoms with van der Waals surface area (Å²) in [5, 5.41) is 9.38. The van der Waals surface area contributed by atoms with Gasteiger partial charge in [-0.3, -0.25) is 0 Å². The van der Waals surface area contributed by atoms with E-state index in [2.05, 4.69) is 0 Å². The zero-order chi connectivity index (χ0) is 11.1. The fourth-order valence-corrected chi connectivity index (χ4v) is 1.32. The van der Waals surface area contributed by atoms with E-state index in [-0.39, 0.29) is 5.76 Å². The van der Waals surface area contributed by atoms with Crippen LogP contribution in [0.2, 0.25) is 0 Å². The molecule has 3 nitrogen and oxygen atoms in total. The topological polar surface area (TPSA) is 50.4 Å². The summed E-state index contributed by atoms with van der Waals surface area (Å²) in [5.41, 5.74) is -2.00. The summed E-state index contributed by atoms with van der Waals surface area (Å²) in [6, 6.07) is 8.32. The minimum Gasteiger partial charge on any atom is -0.479 e. The quantitative estimate of drug-likeness (QED) is 0.825. The lowest BCUT2D eigenvalue weighted by atomic mass is 10.1. The van der Waals surface area contributed by atoms with Crippen LogP contribution >= 0.6 is 0 Å². The molecule has 1 heterocycles. The summed E-state index contributed by atoms with van der Waals surface area (Å²) in [4.78, 5) is 10.7. The number of hydrogen-bond acceptors (Lipinski definition) is 2. The van der Waals surface area contributed by atoms with E-state index in [9.17, 15) is 9.18 Å². The molecule has 1 aromatic carbocycles. The third-order valence-corrected chi connectivity index (χ3v) is 2.29. The first kappa shape index (κ1) is 9.71. The molecule has 2 aromatic rings. The summed E-state index contributed by atoms with van der Waals surface area (Å²) in [7, 11) is 0. The van der Waals surface area contributed by atoms with E-state index >= 15 is 0 Å². The Morgan fingerprint density at radius 2 is 2.13 bits per heavy atom. The van der Waals surface area contributed by atoms with Gasteiger partial charge in [0, 0.05) is 5.39 Å². The number of carboxylic acids is 1. The number of benzene rings is 1. The number of halogens is 1. The third kappa shape index (κ3) is 1.48. The molecule has 1 aromatic heterocycles. The van der Waals surface area contributed by atoms with Crippen LogP contribution in [0.5, 0.6) is 0 Å². The average molecular weight is 208 g/mol. The molecule has 0 amide bonds. The monoisotopic (exact) mass is 208 g/mol. The van der Waals surface area contributed by atoms with Crippen molar-refractivity contribution < 1.29 is 18.7 Å². The molecule has 78 valence electrons. The number of alkyl halides is 1. The molecule has 0 aliphatic rings. The second kappa shape index (κ2) is 3.08. The predicted molar refractivity (Wildman–Crippen MR) is 52.3 cm³/mol. The second-order valence-electron chi connectivity index (χ2n) is 3.46. The van der Waals surface area contributed by atoms with Crippen LogP contribution in [0.3, 0.4) is 0 Å². The van der Waals surface area contributed by atoms with E-state index < -0.39 is 11.6 Å². The van der Waals surface area contributed by atoms with Gasteiger partial charge in [-0.2, -0.15) is 0 Å². The molecule has 0 bridgehead atoms. The first-order valence-electron chi connectivity index (χ1n) is 4.43. The molecule has 1 N–H and O–H groups in total. The van der Waals surface area contributed by atoms with E-state index in [1.54, 1.807) is 24.3 Å². The Bertz CT molecular complexity index is 480. The van der Waals surface area contributed by atoms with Gasteiger partial charge in [0.05, 0.1) is 0 Å². The van der Waals surface area contributed by atoms with Gasteiger partial charge in [-0.1, -0.05) is 18.2 Å². The zero-order valence-corrected chi connectivity index (χ0v) is 8.03. The van der Waals surface area contributed by atoms with Crippen LogP contribution in [-0.2, 0) is 10.5 Å². The van der Waals surface area contributed by atoms with E-state index in [0.29, 0.717) is 11.0 Å². The summed E-state index contributed by atoms with van der Waals surface area (Å²) in [6.45, 7) is 0.965. The van der Waals surface area contributed by atoms with E-state index in [1.807, 2.05) is 0 Å². The maximum atomic E-state index is 13.7. The number of furan rings is 1. The highest BCUT2D eigenvalue weighted by molar-refractivity contribution is 5.83. The van der Waals surface area contributed by atoms with Crippen molar-refractivity contribution in [1.29, 1.82) is 0 Å². The lowest BCUT2D eigenvalue weighted by Crippen LogP contribution is -2.26. The summed E-state index contributed by atoms with van der Waals surface area (Å²) >= 11 is 0. The lowest BCUT2D eigenvalue weighted by molar-refractivity contribution is -0.151. The highest BCUT2D eigenvalue weighted by atomic mass is 19.1. The van der Waals surface area contributed by atoms with Crippen molar-refractivity contribution in [2.24, 2.45) is 0 Å². The number of carbonyl (C=O) groups is 1. The number of hydrogen-bond donors (Lipinski definition) is 1. The van der Waals surface area contributed by atoms with Crippen LogP contribution in [0.1, 0.15) is 12.7 Å². The Hall–Kier alpha value is -1.84. The van der Waals surface area contributed by atoms with Gasteiger partial charge in [-0.25, -0.2) is 9.18 Å². The molecular weight excluding hydrogens is 199 g/mol. The molecule has 0 fully saturated rings. The van der Waals surface area contributed by atoms with Gasteiger partial charge < -0.3 is 9.52 Å². The molecule has 4 heteroatoms. The van der Waals surface area contributed by atoms with Crippen molar-refractivity contribution in [3.63, 3.8) is 0 Å². The lowest BCUT2D eigenvalue weighted by Gasteiger charge is -2.10. The Morgan fingerprint density at radius 3 is 2.73 bits per heavy atom. The van der Waals surface area contributed by atoms with Crippen LogP contribution in [0, 0.1) is 0 Å². The van der Waals surface area contributed by atoms with E-state index in [0.717, 1.165) is 6.92 Å². The van der Waals surface area contributed by atoms with Crippen LogP contribution in [0.15, 0.2) is 34.7 Å². The standard InChI is InChI=1S/C11H9FO3/c1-11(12,10(13)14)9-6-7-4-2-3-5-8(7)15-9/h2-6H,1H3,(H,13,14). The predicted octanol–water partition coefficient (Wildman–Crippen LogP) is 2.70. The molecule has 2 rings (SSSR count). The van der Waals surface area contributed by atoms with Crippen molar-refractivity contribution in [2.45, 2.75) is 12.6 Å². The molecule has 0 aliphatic carbocycles. The minimum absolute atomic E-state index is 0.184. The first-order valence-corrected chi connectivity index (χ1v) is 4.43. The third-order valence-electron chi connectivity index (χ3n) is 2.29. The average Bonchev–Trinajstić information content (AvgIpc) is 2.61. The normalized spacial score (nSPS) is 15.1. The Labute approximate surface area is 85.1 Å². The molecule has 0 saturated carbocycles. The van der Waals surface area contributed by atoms with Crippen molar-refractivity contribution in [3.8, 4) is 0 Å². The first-order chi connectivity index (χ1) is 7.01. The summed E-state index contributed by atoms with van der Waals surface area (Å²) < 4.78 is 18.8. The molecule has 0 aliphatic heterocycles. The van der Waals surface area contributed by atoms with Gasteiger partial charge in [0.15, 0.2) is 5.76 Å². The molecule has 15 heavy (non-hydrogen) atoms. The molecule has 0 spiro atoms. The number of rotatable bonds is 2. The molecular formula is C11H9FO3. The van der Waals surface area contributed by atoms with Gasteiger partial charge in [0.1, 0.15) is 5.58 Å². The highest BCUT2D eigenvalue weighted by Gasteiger charge is 2.38. The second-order valence-corrected chi connectivity index (χ2v) is 3.46. The van der Waals surface area contributed by atoms with Crippen molar-refractivity contribution in [1.82, 2.24) is 0 Å². The van der Waals surface area contributed by atoms with Crippen molar-refractivity contribution >= 4 is 16.9 Å². The fraction of sp³-hybridized carbons (Fsp3) is 0.182. The van der Waals surface area contributed by atoms with Gasteiger partial charge in [0.25, 0.3) is 5.67 Å². The Balaban J connectivity index is 2.58. The number of para-hydroxylation sites is 1. The molecule has 1 unspecified atom stereocenters. The van der Waals surface area contributed by atoms with Gasteiger partial charge in [-0.15, -0.1) is 0 Å². The summed E-state index contributed by atoms with van der Waals surface area (Å²) in [5.74, 6) is -1.74. The smallest absolute Gasteiger partial charge is 0.349 e. The highest BCUT2D eigenvalue weighted by Crippen LogP contribution is 2.31. The van der Waals surface area contributed by atoms with Crippen LogP contribution < -0.4 is 0 Å². The van der Waals surface area contributed by atoms with Gasteiger partial charge in [0.2, 0.25) is 0 Å². The van der Waals surface area contributed by atoms with Gasteiger partial charge >= 0.3 is 5.97 Å². The fourth-order valence-electron chi connectivity index (χ4n) is 1.32. The SMILES string of the molecule is CC(F)(C(=O)O)c1cc2ccccc2o1. The van der Waals surface area contributed by atoms with E-state index in [4.69, 9.17) is 9.52 Å². The molecule has 0 radical (unpaired) electrons.